The summed E-state index contributed by atoms with van der Waals surface area (Å²) in [6.07, 6.45) is 4.03. The van der Waals surface area contributed by atoms with Gasteiger partial charge in [-0.15, -0.1) is 0 Å². The molecule has 6 heteroatoms. The molecule has 6 nitrogen and oxygen atoms in total. The summed E-state index contributed by atoms with van der Waals surface area (Å²) in [4.78, 5) is 18.1. The molecule has 4 rings (SSSR count). The van der Waals surface area contributed by atoms with Gasteiger partial charge < -0.3 is 4.74 Å². The minimum absolute atomic E-state index is 0.0332. The molecule has 148 valence electrons. The molecule has 0 unspecified atom stereocenters. The molecule has 29 heavy (non-hydrogen) atoms. The minimum Gasteiger partial charge on any atom is -0.497 e. The van der Waals surface area contributed by atoms with Crippen molar-refractivity contribution in [2.75, 3.05) is 7.11 Å². The number of benzene rings is 2. The molecule has 0 radical (unpaired) electrons. The van der Waals surface area contributed by atoms with Crippen LogP contribution >= 0.6 is 0 Å². The van der Waals surface area contributed by atoms with Crippen molar-refractivity contribution >= 4 is 11.0 Å². The molecule has 0 N–H and O–H groups in total. The van der Waals surface area contributed by atoms with Crippen LogP contribution in [0, 0.1) is 0 Å². The topological polar surface area (TPSA) is 61.9 Å². The predicted octanol–water partition coefficient (Wildman–Crippen LogP) is 3.79. The number of ether oxygens (including phenoxy) is 1. The fourth-order valence-electron chi connectivity index (χ4n) is 3.48. The summed E-state index contributed by atoms with van der Waals surface area (Å²) >= 11 is 0. The standard InChI is InChI=1S/C23H24N4O2/c1-3-7-21-25-22-20(16-24-27(22)18-8-5-4-6-9-18)23(28)26(21)15-14-17-10-12-19(29-2)13-11-17/h4-6,8-13,16H,3,7,14-15H2,1-2H3. The second kappa shape index (κ2) is 8.31. The average Bonchev–Trinajstić information content (AvgIpc) is 3.19. The van der Waals surface area contributed by atoms with Gasteiger partial charge in [-0.2, -0.15) is 5.10 Å². The van der Waals surface area contributed by atoms with Gasteiger partial charge >= 0.3 is 0 Å². The Bertz CT molecular complexity index is 1160. The molecule has 2 aromatic carbocycles. The number of nitrogens with zero attached hydrogens (tertiary/aromatic N) is 4. The summed E-state index contributed by atoms with van der Waals surface area (Å²) < 4.78 is 8.75. The minimum atomic E-state index is -0.0332. The van der Waals surface area contributed by atoms with E-state index in [-0.39, 0.29) is 5.56 Å². The van der Waals surface area contributed by atoms with Gasteiger partial charge in [0.1, 0.15) is 17.0 Å². The van der Waals surface area contributed by atoms with Crippen LogP contribution in [-0.4, -0.2) is 26.4 Å². The van der Waals surface area contributed by atoms with Crippen molar-refractivity contribution in [3.05, 3.63) is 82.5 Å². The summed E-state index contributed by atoms with van der Waals surface area (Å²) in [7, 11) is 1.65. The zero-order chi connectivity index (χ0) is 20.2. The first-order chi connectivity index (χ1) is 14.2. The van der Waals surface area contributed by atoms with Gasteiger partial charge in [0.2, 0.25) is 0 Å². The highest BCUT2D eigenvalue weighted by atomic mass is 16.5. The highest BCUT2D eigenvalue weighted by Gasteiger charge is 2.15. The molecule has 0 saturated carbocycles. The van der Waals surface area contributed by atoms with E-state index in [0.29, 0.717) is 17.6 Å². The zero-order valence-corrected chi connectivity index (χ0v) is 16.7. The Morgan fingerprint density at radius 2 is 1.76 bits per heavy atom. The molecule has 0 aliphatic heterocycles. The van der Waals surface area contributed by atoms with Crippen molar-refractivity contribution in [3.63, 3.8) is 0 Å². The quantitative estimate of drug-likeness (QED) is 0.483. The molecular weight excluding hydrogens is 364 g/mol. The van der Waals surface area contributed by atoms with E-state index in [1.54, 1.807) is 22.6 Å². The first-order valence-electron chi connectivity index (χ1n) is 9.87. The third-order valence-electron chi connectivity index (χ3n) is 5.02. The number of methoxy groups -OCH3 is 1. The summed E-state index contributed by atoms with van der Waals surface area (Å²) in [5.74, 6) is 1.63. The van der Waals surface area contributed by atoms with Crippen LogP contribution in [0.15, 0.2) is 65.6 Å². The van der Waals surface area contributed by atoms with Crippen LogP contribution in [0.5, 0.6) is 5.75 Å². The van der Waals surface area contributed by atoms with E-state index in [1.807, 2.05) is 54.6 Å². The number of rotatable bonds is 7. The van der Waals surface area contributed by atoms with Crippen molar-refractivity contribution in [2.45, 2.75) is 32.7 Å². The van der Waals surface area contributed by atoms with E-state index in [9.17, 15) is 4.79 Å². The Balaban J connectivity index is 1.72. The smallest absolute Gasteiger partial charge is 0.264 e. The molecular formula is C23H24N4O2. The Hall–Kier alpha value is -3.41. The Kier molecular flexibility index (Phi) is 5.42. The lowest BCUT2D eigenvalue weighted by molar-refractivity contribution is 0.414. The Morgan fingerprint density at radius 1 is 1.00 bits per heavy atom. The maximum atomic E-state index is 13.2. The van der Waals surface area contributed by atoms with Crippen molar-refractivity contribution < 1.29 is 4.74 Å². The average molecular weight is 388 g/mol. The SMILES string of the molecule is CCCc1nc2c(cnn2-c2ccccc2)c(=O)n1CCc1ccc(OC)cc1. The monoisotopic (exact) mass is 388 g/mol. The van der Waals surface area contributed by atoms with Crippen molar-refractivity contribution in [1.82, 2.24) is 19.3 Å². The zero-order valence-electron chi connectivity index (χ0n) is 16.7. The second-order valence-electron chi connectivity index (χ2n) is 6.96. The van der Waals surface area contributed by atoms with E-state index in [4.69, 9.17) is 9.72 Å². The van der Waals surface area contributed by atoms with Crippen LogP contribution in [0.2, 0.25) is 0 Å². The van der Waals surface area contributed by atoms with Crippen LogP contribution in [0.3, 0.4) is 0 Å². The number of fused-ring (bicyclic) bond motifs is 1. The molecule has 2 heterocycles. The highest BCUT2D eigenvalue weighted by Crippen LogP contribution is 2.16. The molecule has 2 aromatic heterocycles. The summed E-state index contributed by atoms with van der Waals surface area (Å²) in [6.45, 7) is 2.68. The molecule has 4 aromatic rings. The molecule has 0 aliphatic rings. The van der Waals surface area contributed by atoms with Gasteiger partial charge in [0.05, 0.1) is 19.0 Å². The van der Waals surface area contributed by atoms with Gasteiger partial charge in [0.25, 0.3) is 5.56 Å². The molecule has 0 atom stereocenters. The van der Waals surface area contributed by atoms with E-state index < -0.39 is 0 Å². The maximum Gasteiger partial charge on any atom is 0.264 e. The van der Waals surface area contributed by atoms with Crippen LogP contribution in [-0.2, 0) is 19.4 Å². The third kappa shape index (κ3) is 3.78. The lowest BCUT2D eigenvalue weighted by Crippen LogP contribution is -2.26. The summed E-state index contributed by atoms with van der Waals surface area (Å²) in [5.41, 5.74) is 2.63. The number of hydrogen-bond donors (Lipinski definition) is 0. The molecule has 0 saturated heterocycles. The number of para-hydroxylation sites is 1. The number of aromatic nitrogens is 4. The van der Waals surface area contributed by atoms with Gasteiger partial charge in [0, 0.05) is 13.0 Å². The fourth-order valence-corrected chi connectivity index (χ4v) is 3.48. The van der Waals surface area contributed by atoms with Gasteiger partial charge in [-0.1, -0.05) is 37.3 Å². The predicted molar refractivity (Wildman–Crippen MR) is 114 cm³/mol. The summed E-state index contributed by atoms with van der Waals surface area (Å²) in [6, 6.07) is 17.7. The molecule has 0 bridgehead atoms. The van der Waals surface area contributed by atoms with Gasteiger partial charge in [0.15, 0.2) is 5.65 Å². The Labute approximate surface area is 169 Å². The van der Waals surface area contributed by atoms with Crippen molar-refractivity contribution in [2.24, 2.45) is 0 Å². The first kappa shape index (κ1) is 18.9. The normalized spacial score (nSPS) is 11.1. The lowest BCUT2D eigenvalue weighted by Gasteiger charge is -2.13. The van der Waals surface area contributed by atoms with E-state index in [1.165, 1.54) is 0 Å². The van der Waals surface area contributed by atoms with Crippen LogP contribution in [0.4, 0.5) is 0 Å². The first-order valence-corrected chi connectivity index (χ1v) is 9.87. The lowest BCUT2D eigenvalue weighted by atomic mass is 10.1. The number of hydrogen-bond acceptors (Lipinski definition) is 4. The molecule has 0 amide bonds. The molecule has 0 spiro atoms. The van der Waals surface area contributed by atoms with Gasteiger partial charge in [-0.25, -0.2) is 9.67 Å². The van der Waals surface area contributed by atoms with Crippen LogP contribution < -0.4 is 10.3 Å². The molecule has 0 aliphatic carbocycles. The van der Waals surface area contributed by atoms with Crippen molar-refractivity contribution in [1.29, 1.82) is 0 Å². The van der Waals surface area contributed by atoms with Gasteiger partial charge in [-0.3, -0.25) is 9.36 Å². The van der Waals surface area contributed by atoms with E-state index in [0.717, 1.165) is 42.1 Å². The van der Waals surface area contributed by atoms with Gasteiger partial charge in [-0.05, 0) is 42.7 Å². The van der Waals surface area contributed by atoms with Crippen LogP contribution in [0.25, 0.3) is 16.7 Å². The molecule has 0 fully saturated rings. The maximum absolute atomic E-state index is 13.2. The summed E-state index contributed by atoms with van der Waals surface area (Å²) in [5, 5.41) is 4.98. The third-order valence-corrected chi connectivity index (χ3v) is 5.02. The largest absolute Gasteiger partial charge is 0.497 e. The van der Waals surface area contributed by atoms with Crippen molar-refractivity contribution in [3.8, 4) is 11.4 Å². The fraction of sp³-hybridized carbons (Fsp3) is 0.261. The Morgan fingerprint density at radius 3 is 2.45 bits per heavy atom. The van der Waals surface area contributed by atoms with Crippen LogP contribution in [0.1, 0.15) is 24.7 Å². The second-order valence-corrected chi connectivity index (χ2v) is 6.96. The van der Waals surface area contributed by atoms with E-state index in [2.05, 4.69) is 12.0 Å². The van der Waals surface area contributed by atoms with E-state index >= 15 is 0 Å². The highest BCUT2D eigenvalue weighted by molar-refractivity contribution is 5.75. The number of aryl methyl sites for hydroxylation is 2.